The fourth-order valence-corrected chi connectivity index (χ4v) is 2.23. The van der Waals surface area contributed by atoms with Crippen molar-refractivity contribution in [2.75, 3.05) is 24.6 Å². The van der Waals surface area contributed by atoms with E-state index in [4.69, 9.17) is 17.3 Å². The molecule has 0 aliphatic carbocycles. The van der Waals surface area contributed by atoms with Crippen LogP contribution < -0.4 is 11.1 Å². The molecule has 3 N–H and O–H groups in total. The standard InChI is InChI=1S/C15H24ClN3O/c1-4-6-9-19(3)14(5-2)15(20)18-11-7-8-12(16)13(17)10-11/h7-8,10,14H,4-6,9,17H2,1-3H3,(H,18,20). The Hall–Kier alpha value is -1.26. The molecule has 1 atom stereocenters. The Balaban J connectivity index is 2.69. The Labute approximate surface area is 126 Å². The highest BCUT2D eigenvalue weighted by molar-refractivity contribution is 6.33. The van der Waals surface area contributed by atoms with E-state index < -0.39 is 0 Å². The Morgan fingerprint density at radius 2 is 2.15 bits per heavy atom. The number of carbonyl (C=O) groups is 1. The lowest BCUT2D eigenvalue weighted by Crippen LogP contribution is -2.41. The van der Waals surface area contributed by atoms with Gasteiger partial charge in [0.15, 0.2) is 0 Å². The van der Waals surface area contributed by atoms with Gasteiger partial charge in [0.05, 0.1) is 16.8 Å². The number of hydrogen-bond donors (Lipinski definition) is 2. The van der Waals surface area contributed by atoms with Gasteiger partial charge in [-0.2, -0.15) is 0 Å². The van der Waals surface area contributed by atoms with Crippen molar-refractivity contribution in [1.82, 2.24) is 4.90 Å². The Kier molecular flexibility index (Phi) is 6.82. The average Bonchev–Trinajstić information content (AvgIpc) is 2.41. The molecule has 0 heterocycles. The summed E-state index contributed by atoms with van der Waals surface area (Å²) in [6.07, 6.45) is 2.99. The first-order valence-corrected chi connectivity index (χ1v) is 7.43. The molecule has 20 heavy (non-hydrogen) atoms. The molecule has 0 saturated heterocycles. The van der Waals surface area contributed by atoms with Gasteiger partial charge in [-0.25, -0.2) is 0 Å². The molecule has 1 unspecified atom stereocenters. The molecule has 0 aliphatic heterocycles. The highest BCUT2D eigenvalue weighted by Gasteiger charge is 2.21. The summed E-state index contributed by atoms with van der Waals surface area (Å²) in [6, 6.07) is 5.00. The molecule has 1 aromatic rings. The molecular weight excluding hydrogens is 274 g/mol. The van der Waals surface area contributed by atoms with Gasteiger partial charge in [-0.1, -0.05) is 31.9 Å². The second-order valence-electron chi connectivity index (χ2n) is 4.98. The van der Waals surface area contributed by atoms with Crippen molar-refractivity contribution < 1.29 is 4.79 Å². The van der Waals surface area contributed by atoms with Crippen LogP contribution in [0.25, 0.3) is 0 Å². The smallest absolute Gasteiger partial charge is 0.241 e. The molecule has 0 spiro atoms. The van der Waals surface area contributed by atoms with Crippen LogP contribution in [-0.2, 0) is 4.79 Å². The third kappa shape index (κ3) is 4.69. The van der Waals surface area contributed by atoms with Crippen molar-refractivity contribution in [3.8, 4) is 0 Å². The maximum atomic E-state index is 12.3. The molecule has 0 aromatic heterocycles. The maximum absolute atomic E-state index is 12.3. The lowest BCUT2D eigenvalue weighted by Gasteiger charge is -2.26. The van der Waals surface area contributed by atoms with Crippen molar-refractivity contribution in [2.45, 2.75) is 39.2 Å². The number of amides is 1. The first-order valence-electron chi connectivity index (χ1n) is 7.05. The lowest BCUT2D eigenvalue weighted by molar-refractivity contribution is -0.121. The second-order valence-corrected chi connectivity index (χ2v) is 5.39. The Bertz CT molecular complexity index is 451. The van der Waals surface area contributed by atoms with Crippen molar-refractivity contribution >= 4 is 28.9 Å². The molecule has 1 rings (SSSR count). The summed E-state index contributed by atoms with van der Waals surface area (Å²) in [7, 11) is 1.99. The Morgan fingerprint density at radius 3 is 2.70 bits per heavy atom. The van der Waals surface area contributed by atoms with Gasteiger partial charge in [0.25, 0.3) is 0 Å². The third-order valence-corrected chi connectivity index (χ3v) is 3.69. The van der Waals surface area contributed by atoms with Crippen LogP contribution in [0, 0.1) is 0 Å². The summed E-state index contributed by atoms with van der Waals surface area (Å²) in [4.78, 5) is 14.4. The largest absolute Gasteiger partial charge is 0.397 e. The number of carbonyl (C=O) groups excluding carboxylic acids is 1. The highest BCUT2D eigenvalue weighted by Crippen LogP contribution is 2.22. The number of nitrogen functional groups attached to an aromatic ring is 1. The molecule has 5 heteroatoms. The number of nitrogens with two attached hydrogens (primary N) is 1. The topological polar surface area (TPSA) is 58.4 Å². The second kappa shape index (κ2) is 8.12. The van der Waals surface area contributed by atoms with Crippen LogP contribution in [0.2, 0.25) is 5.02 Å². The fourth-order valence-electron chi connectivity index (χ4n) is 2.11. The van der Waals surface area contributed by atoms with Crippen LogP contribution in [0.3, 0.4) is 0 Å². The van der Waals surface area contributed by atoms with Crippen LogP contribution in [0.5, 0.6) is 0 Å². The van der Waals surface area contributed by atoms with E-state index in [1.165, 1.54) is 0 Å². The van der Waals surface area contributed by atoms with Gasteiger partial charge >= 0.3 is 0 Å². The van der Waals surface area contributed by atoms with E-state index in [0.717, 1.165) is 25.8 Å². The average molecular weight is 298 g/mol. The van der Waals surface area contributed by atoms with Gasteiger partial charge in [0.1, 0.15) is 0 Å². The van der Waals surface area contributed by atoms with Gasteiger partial charge in [-0.05, 0) is 44.6 Å². The number of unbranched alkanes of at least 4 members (excludes halogenated alkanes) is 1. The van der Waals surface area contributed by atoms with Gasteiger partial charge in [0.2, 0.25) is 5.91 Å². The van der Waals surface area contributed by atoms with E-state index in [9.17, 15) is 4.79 Å². The predicted molar refractivity (Wildman–Crippen MR) is 86.1 cm³/mol. The monoisotopic (exact) mass is 297 g/mol. The number of likely N-dealkylation sites (N-methyl/N-ethyl adjacent to an activating group) is 1. The van der Waals surface area contributed by atoms with Crippen molar-refractivity contribution in [3.05, 3.63) is 23.2 Å². The molecular formula is C15H24ClN3O. The normalized spacial score (nSPS) is 12.4. The van der Waals surface area contributed by atoms with E-state index >= 15 is 0 Å². The van der Waals surface area contributed by atoms with Crippen LogP contribution in [-0.4, -0.2) is 30.4 Å². The molecule has 112 valence electrons. The van der Waals surface area contributed by atoms with Gasteiger partial charge in [-0.15, -0.1) is 0 Å². The number of halogens is 1. The van der Waals surface area contributed by atoms with Crippen LogP contribution in [0.1, 0.15) is 33.1 Å². The molecule has 0 fully saturated rings. The zero-order valence-corrected chi connectivity index (χ0v) is 13.2. The van der Waals surface area contributed by atoms with Gasteiger partial charge in [0, 0.05) is 5.69 Å². The fraction of sp³-hybridized carbons (Fsp3) is 0.533. The molecule has 0 radical (unpaired) electrons. The van der Waals surface area contributed by atoms with E-state index in [1.807, 2.05) is 14.0 Å². The number of hydrogen-bond acceptors (Lipinski definition) is 3. The number of nitrogens with one attached hydrogen (secondary N) is 1. The molecule has 0 bridgehead atoms. The minimum atomic E-state index is -0.126. The quantitative estimate of drug-likeness (QED) is 0.759. The van der Waals surface area contributed by atoms with E-state index in [1.54, 1.807) is 18.2 Å². The third-order valence-electron chi connectivity index (χ3n) is 3.35. The number of rotatable bonds is 7. The number of benzene rings is 1. The van der Waals surface area contributed by atoms with Crippen molar-refractivity contribution in [3.63, 3.8) is 0 Å². The lowest BCUT2D eigenvalue weighted by atomic mass is 10.1. The first-order chi connectivity index (χ1) is 9.49. The van der Waals surface area contributed by atoms with Crippen molar-refractivity contribution in [1.29, 1.82) is 0 Å². The minimum Gasteiger partial charge on any atom is -0.397 e. The Morgan fingerprint density at radius 1 is 1.45 bits per heavy atom. The van der Waals surface area contributed by atoms with Gasteiger partial charge < -0.3 is 11.1 Å². The summed E-state index contributed by atoms with van der Waals surface area (Å²) in [6.45, 7) is 5.08. The van der Waals surface area contributed by atoms with Crippen LogP contribution in [0.15, 0.2) is 18.2 Å². The molecule has 0 aliphatic rings. The molecule has 1 aromatic carbocycles. The predicted octanol–water partition coefficient (Wildman–Crippen LogP) is 3.37. The zero-order chi connectivity index (χ0) is 15.1. The van der Waals surface area contributed by atoms with Crippen molar-refractivity contribution in [2.24, 2.45) is 0 Å². The highest BCUT2D eigenvalue weighted by atomic mass is 35.5. The van der Waals surface area contributed by atoms with Crippen LogP contribution in [0.4, 0.5) is 11.4 Å². The summed E-state index contributed by atoms with van der Waals surface area (Å²) in [5.41, 5.74) is 6.89. The zero-order valence-electron chi connectivity index (χ0n) is 12.4. The molecule has 4 nitrogen and oxygen atoms in total. The van der Waals surface area contributed by atoms with Gasteiger partial charge in [-0.3, -0.25) is 9.69 Å². The van der Waals surface area contributed by atoms with Crippen LogP contribution >= 0.6 is 11.6 Å². The van der Waals surface area contributed by atoms with E-state index in [2.05, 4.69) is 17.1 Å². The SMILES string of the molecule is CCCCN(C)C(CC)C(=O)Nc1ccc(Cl)c(N)c1. The molecule has 0 saturated carbocycles. The number of nitrogens with zero attached hydrogens (tertiary/aromatic N) is 1. The maximum Gasteiger partial charge on any atom is 0.241 e. The number of anilines is 2. The van der Waals surface area contributed by atoms with E-state index in [0.29, 0.717) is 16.4 Å². The summed E-state index contributed by atoms with van der Waals surface area (Å²) in [5, 5.41) is 3.39. The van der Waals surface area contributed by atoms with E-state index in [-0.39, 0.29) is 11.9 Å². The molecule has 1 amide bonds. The first kappa shape index (κ1) is 16.8. The summed E-state index contributed by atoms with van der Waals surface area (Å²) < 4.78 is 0. The summed E-state index contributed by atoms with van der Waals surface area (Å²) in [5.74, 6) is -0.00664. The minimum absolute atomic E-state index is 0.00664. The summed E-state index contributed by atoms with van der Waals surface area (Å²) >= 11 is 5.87.